The number of rotatable bonds is 9. The summed E-state index contributed by atoms with van der Waals surface area (Å²) < 4.78 is 43.0. The molecule has 2 aromatic rings. The molecule has 0 aliphatic rings. The van der Waals surface area contributed by atoms with Crippen LogP contribution in [0.15, 0.2) is 30.6 Å². The van der Waals surface area contributed by atoms with E-state index in [0.717, 1.165) is 6.07 Å². The first-order chi connectivity index (χ1) is 13.7. The predicted octanol–water partition coefficient (Wildman–Crippen LogP) is 4.93. The molecule has 0 spiro atoms. The number of nitrogens with one attached hydrogen (secondary N) is 1. The van der Waals surface area contributed by atoms with Crippen LogP contribution >= 0.6 is 11.6 Å². The molecule has 0 fully saturated rings. The number of carbonyl (C=O) groups excluding carboxylic acids is 2. The number of alkyl halides is 3. The summed E-state index contributed by atoms with van der Waals surface area (Å²) in [5.74, 6) is -0.198. The number of halogens is 4. The summed E-state index contributed by atoms with van der Waals surface area (Å²) >= 11 is 5.76. The molecule has 0 unspecified atom stereocenters. The van der Waals surface area contributed by atoms with Gasteiger partial charge in [0.15, 0.2) is 5.78 Å². The van der Waals surface area contributed by atoms with Gasteiger partial charge in [0.25, 0.3) is 0 Å². The molecule has 29 heavy (non-hydrogen) atoms. The number of hydrogen-bond acceptors (Lipinski definition) is 5. The molecule has 2 heterocycles. The van der Waals surface area contributed by atoms with Gasteiger partial charge in [-0.3, -0.25) is 9.59 Å². The van der Waals surface area contributed by atoms with E-state index >= 15 is 0 Å². The number of aromatic nitrogens is 2. The summed E-state index contributed by atoms with van der Waals surface area (Å²) in [7, 11) is 0. The Kier molecular flexibility index (Phi) is 7.95. The lowest BCUT2D eigenvalue weighted by atomic mass is 10.1. The lowest BCUT2D eigenvalue weighted by Gasteiger charge is -2.10. The quantitative estimate of drug-likeness (QED) is 0.451. The maximum absolute atomic E-state index is 12.6. The van der Waals surface area contributed by atoms with E-state index in [2.05, 4.69) is 15.3 Å². The summed E-state index contributed by atoms with van der Waals surface area (Å²) in [6, 6.07) is 3.76. The van der Waals surface area contributed by atoms with Gasteiger partial charge < -0.3 is 10.1 Å². The first-order valence-electron chi connectivity index (χ1n) is 8.85. The SMILES string of the molecule is CCCC(=O)Nc1cc(C(=O)CCCOc2ncc(C(F)(F)F)cc2Cl)ccn1. The van der Waals surface area contributed by atoms with E-state index < -0.39 is 11.7 Å². The average Bonchev–Trinajstić information content (AvgIpc) is 2.65. The third-order valence-corrected chi connectivity index (χ3v) is 4.02. The van der Waals surface area contributed by atoms with Crippen LogP contribution in [0.25, 0.3) is 0 Å². The molecular formula is C19H19ClF3N3O3. The lowest BCUT2D eigenvalue weighted by Crippen LogP contribution is -2.12. The highest BCUT2D eigenvalue weighted by Crippen LogP contribution is 2.33. The second kappa shape index (κ2) is 10.2. The van der Waals surface area contributed by atoms with Gasteiger partial charge in [0.2, 0.25) is 11.8 Å². The Bertz CT molecular complexity index is 875. The number of Topliss-reactive ketones (excluding diaryl/α,β-unsaturated/α-hetero) is 1. The Morgan fingerprint density at radius 2 is 1.97 bits per heavy atom. The first kappa shape index (κ1) is 22.6. The second-order valence-electron chi connectivity index (χ2n) is 6.11. The molecule has 1 amide bonds. The zero-order valence-electron chi connectivity index (χ0n) is 15.6. The molecular weight excluding hydrogens is 411 g/mol. The maximum atomic E-state index is 12.6. The van der Waals surface area contributed by atoms with E-state index in [4.69, 9.17) is 16.3 Å². The largest absolute Gasteiger partial charge is 0.477 e. The molecule has 0 aromatic carbocycles. The fourth-order valence-electron chi connectivity index (χ4n) is 2.34. The van der Waals surface area contributed by atoms with E-state index in [1.165, 1.54) is 18.3 Å². The number of pyridine rings is 2. The normalized spacial score (nSPS) is 11.2. The van der Waals surface area contributed by atoms with Crippen LogP contribution in [0.2, 0.25) is 5.02 Å². The summed E-state index contributed by atoms with van der Waals surface area (Å²) in [5, 5.41) is 2.36. The van der Waals surface area contributed by atoms with Crippen LogP contribution < -0.4 is 10.1 Å². The van der Waals surface area contributed by atoms with E-state index in [1.54, 1.807) is 0 Å². The Morgan fingerprint density at radius 1 is 1.21 bits per heavy atom. The van der Waals surface area contributed by atoms with Crippen LogP contribution in [0.4, 0.5) is 19.0 Å². The monoisotopic (exact) mass is 429 g/mol. The minimum Gasteiger partial charge on any atom is -0.477 e. The number of carbonyl (C=O) groups is 2. The van der Waals surface area contributed by atoms with E-state index in [0.29, 0.717) is 36.8 Å². The highest BCUT2D eigenvalue weighted by Gasteiger charge is 2.31. The minimum atomic E-state index is -4.54. The van der Waals surface area contributed by atoms with Crippen molar-refractivity contribution >= 4 is 29.1 Å². The van der Waals surface area contributed by atoms with Crippen LogP contribution in [-0.2, 0) is 11.0 Å². The first-order valence-corrected chi connectivity index (χ1v) is 9.23. The van der Waals surface area contributed by atoms with Crippen molar-refractivity contribution in [1.29, 1.82) is 0 Å². The molecule has 0 aliphatic carbocycles. The standard InChI is InChI=1S/C19H19ClF3N3O3/c1-2-4-17(28)26-16-9-12(6-7-24-16)15(27)5-3-8-29-18-14(20)10-13(11-25-18)19(21,22)23/h6-7,9-11H,2-5,8H2,1H3,(H,24,26,28). The number of hydrogen-bond donors (Lipinski definition) is 1. The number of ketones is 1. The molecule has 2 rings (SSSR count). The van der Waals surface area contributed by atoms with Crippen LogP contribution in [0.5, 0.6) is 5.88 Å². The Balaban J connectivity index is 1.85. The van der Waals surface area contributed by atoms with Gasteiger partial charge in [-0.2, -0.15) is 13.2 Å². The topological polar surface area (TPSA) is 81.2 Å². The maximum Gasteiger partial charge on any atom is 0.417 e. The number of nitrogens with zero attached hydrogens (tertiary/aromatic N) is 2. The summed E-state index contributed by atoms with van der Waals surface area (Å²) in [6.07, 6.45) is -0.988. The fraction of sp³-hybridized carbons (Fsp3) is 0.368. The summed E-state index contributed by atoms with van der Waals surface area (Å²) in [6.45, 7) is 1.93. The van der Waals surface area contributed by atoms with Crippen molar-refractivity contribution in [3.05, 3.63) is 46.7 Å². The van der Waals surface area contributed by atoms with Crippen molar-refractivity contribution in [2.75, 3.05) is 11.9 Å². The summed E-state index contributed by atoms with van der Waals surface area (Å²) in [5.41, 5.74) is -0.581. The molecule has 6 nitrogen and oxygen atoms in total. The van der Waals surface area contributed by atoms with Gasteiger partial charge >= 0.3 is 6.18 Å². The summed E-state index contributed by atoms with van der Waals surface area (Å²) in [4.78, 5) is 31.5. The smallest absolute Gasteiger partial charge is 0.417 e. The molecule has 0 saturated carbocycles. The van der Waals surface area contributed by atoms with Gasteiger partial charge in [-0.1, -0.05) is 18.5 Å². The van der Waals surface area contributed by atoms with Crippen molar-refractivity contribution in [2.24, 2.45) is 0 Å². The van der Waals surface area contributed by atoms with Crippen LogP contribution in [-0.4, -0.2) is 28.3 Å². The van der Waals surface area contributed by atoms with Crippen LogP contribution in [0.1, 0.15) is 48.5 Å². The van der Waals surface area contributed by atoms with E-state index in [1.807, 2.05) is 6.92 Å². The van der Waals surface area contributed by atoms with Crippen LogP contribution in [0.3, 0.4) is 0 Å². The predicted molar refractivity (Wildman–Crippen MR) is 101 cm³/mol. The van der Waals surface area contributed by atoms with Crippen molar-refractivity contribution in [3.8, 4) is 5.88 Å². The second-order valence-corrected chi connectivity index (χ2v) is 6.52. The molecule has 0 atom stereocenters. The highest BCUT2D eigenvalue weighted by molar-refractivity contribution is 6.31. The van der Waals surface area contributed by atoms with Gasteiger partial charge in [0.1, 0.15) is 10.8 Å². The van der Waals surface area contributed by atoms with Gasteiger partial charge in [0, 0.05) is 30.8 Å². The zero-order chi connectivity index (χ0) is 21.4. The fourth-order valence-corrected chi connectivity index (χ4v) is 2.56. The molecule has 0 aliphatic heterocycles. The Morgan fingerprint density at radius 3 is 2.62 bits per heavy atom. The number of ether oxygens (including phenoxy) is 1. The number of anilines is 1. The molecule has 10 heteroatoms. The number of amides is 1. The third-order valence-electron chi connectivity index (χ3n) is 3.75. The Labute approximate surface area is 170 Å². The van der Waals surface area contributed by atoms with Crippen molar-refractivity contribution < 1.29 is 27.5 Å². The molecule has 156 valence electrons. The van der Waals surface area contributed by atoms with Crippen molar-refractivity contribution in [1.82, 2.24) is 9.97 Å². The van der Waals surface area contributed by atoms with Crippen LogP contribution in [0, 0.1) is 0 Å². The van der Waals surface area contributed by atoms with E-state index in [9.17, 15) is 22.8 Å². The third kappa shape index (κ3) is 7.01. The average molecular weight is 430 g/mol. The van der Waals surface area contributed by atoms with Crippen molar-refractivity contribution in [3.63, 3.8) is 0 Å². The lowest BCUT2D eigenvalue weighted by molar-refractivity contribution is -0.137. The van der Waals surface area contributed by atoms with Gasteiger partial charge in [-0.25, -0.2) is 9.97 Å². The van der Waals surface area contributed by atoms with E-state index in [-0.39, 0.29) is 35.6 Å². The van der Waals surface area contributed by atoms with Gasteiger partial charge in [-0.05, 0) is 31.0 Å². The molecule has 2 aromatic heterocycles. The zero-order valence-corrected chi connectivity index (χ0v) is 16.3. The minimum absolute atomic E-state index is 0.0506. The molecule has 0 radical (unpaired) electrons. The molecule has 1 N–H and O–H groups in total. The van der Waals surface area contributed by atoms with Gasteiger partial charge in [-0.15, -0.1) is 0 Å². The highest BCUT2D eigenvalue weighted by atomic mass is 35.5. The van der Waals surface area contributed by atoms with Gasteiger partial charge in [0.05, 0.1) is 12.2 Å². The van der Waals surface area contributed by atoms with Crippen molar-refractivity contribution in [2.45, 2.75) is 38.8 Å². The molecule has 0 saturated heterocycles. The Hall–Kier alpha value is -2.68. The molecule has 0 bridgehead atoms.